The van der Waals surface area contributed by atoms with Gasteiger partial charge in [0, 0.05) is 23.2 Å². The lowest BCUT2D eigenvalue weighted by Crippen LogP contribution is -2.44. The first kappa shape index (κ1) is 34.0. The Labute approximate surface area is 287 Å². The molecule has 10 nitrogen and oxygen atoms in total. The lowest BCUT2D eigenvalue weighted by Gasteiger charge is -2.28. The highest BCUT2D eigenvalue weighted by Crippen LogP contribution is 2.45. The molecule has 0 saturated carbocycles. The highest BCUT2D eigenvalue weighted by atomic mass is 79.9. The van der Waals surface area contributed by atoms with Crippen LogP contribution >= 0.6 is 15.9 Å². The molecule has 48 heavy (non-hydrogen) atoms. The Hall–Kier alpha value is -3.87. The molecule has 0 N–H and O–H groups in total. The third-order valence-electron chi connectivity index (χ3n) is 7.96. The van der Waals surface area contributed by atoms with Crippen molar-refractivity contribution in [2.75, 3.05) is 4.90 Å². The minimum atomic E-state index is -0.967. The maximum absolute atomic E-state index is 15.6. The number of anilines is 1. The molecule has 1 aliphatic carbocycles. The van der Waals surface area contributed by atoms with Crippen LogP contribution in [-0.4, -0.2) is 55.9 Å². The van der Waals surface area contributed by atoms with Crippen LogP contribution in [0.2, 0.25) is 0 Å². The standard InChI is InChI=1S/C36H40BrFN4O6/c1-34(2,3)47-32(43)42(33(44)48-35(4,5)6)31-24(37)19-23-25(38)16-20(17-26(23)40-31)11-12-22-18-27(29-28(22)45-36(7,8)46-29)41-15-13-21-10-9-14-39-30(21)41/h9-10,13-19,27-29H,11-12H2,1-8H3/t27-,28-,29+/m1/s1. The second kappa shape index (κ2) is 12.2. The largest absolute Gasteiger partial charge is 0.443 e. The normalized spacial score (nSPS) is 20.5. The molecule has 0 spiro atoms. The van der Waals surface area contributed by atoms with E-state index in [1.54, 1.807) is 53.8 Å². The van der Waals surface area contributed by atoms with Crippen LogP contribution in [0.15, 0.2) is 64.9 Å². The molecule has 0 radical (unpaired) electrons. The van der Waals surface area contributed by atoms with Crippen molar-refractivity contribution < 1.29 is 32.9 Å². The molecule has 4 aromatic rings. The summed E-state index contributed by atoms with van der Waals surface area (Å²) >= 11 is 3.39. The summed E-state index contributed by atoms with van der Waals surface area (Å²) in [6.07, 6.45) is 4.59. The molecule has 3 aromatic heterocycles. The van der Waals surface area contributed by atoms with Crippen molar-refractivity contribution >= 4 is 55.9 Å². The molecule has 2 amide bonds. The first-order chi connectivity index (χ1) is 22.4. The third-order valence-corrected chi connectivity index (χ3v) is 8.54. The molecule has 6 rings (SSSR count). The van der Waals surface area contributed by atoms with E-state index in [1.165, 1.54) is 12.1 Å². The van der Waals surface area contributed by atoms with Crippen LogP contribution in [0.25, 0.3) is 21.9 Å². The number of ether oxygens (including phenoxy) is 4. The molecule has 12 heteroatoms. The van der Waals surface area contributed by atoms with E-state index in [9.17, 15) is 9.59 Å². The van der Waals surface area contributed by atoms with Crippen LogP contribution in [-0.2, 0) is 25.4 Å². The molecule has 0 bridgehead atoms. The number of pyridine rings is 2. The molecular formula is C36H40BrFN4O6. The second-order valence-corrected chi connectivity index (χ2v) is 15.5. The second-order valence-electron chi connectivity index (χ2n) is 14.6. The predicted octanol–water partition coefficient (Wildman–Crippen LogP) is 8.80. The SMILES string of the molecule is CC(C)(C)OC(=O)N(C(=O)OC(C)(C)C)c1nc2cc(CCC3=C[C@@H](n4ccc5cccnc54)[C@@H]4OC(C)(C)O[C@H]34)cc(F)c2cc1Br. The zero-order valence-corrected chi connectivity index (χ0v) is 29.9. The van der Waals surface area contributed by atoms with Crippen LogP contribution < -0.4 is 4.90 Å². The van der Waals surface area contributed by atoms with Gasteiger partial charge in [-0.25, -0.2) is 23.9 Å². The summed E-state index contributed by atoms with van der Waals surface area (Å²) in [5.74, 6) is -1.32. The van der Waals surface area contributed by atoms with Gasteiger partial charge in [0.2, 0.25) is 0 Å². The Morgan fingerprint density at radius 3 is 2.38 bits per heavy atom. The number of amides is 2. The predicted molar refractivity (Wildman–Crippen MR) is 183 cm³/mol. The topological polar surface area (TPSA) is 105 Å². The number of imide groups is 1. The van der Waals surface area contributed by atoms with E-state index in [1.807, 2.05) is 38.2 Å². The third kappa shape index (κ3) is 6.97. The van der Waals surface area contributed by atoms with Gasteiger partial charge in [0.05, 0.1) is 16.0 Å². The number of halogens is 2. The number of carbonyl (C=O) groups is 2. The molecule has 254 valence electrons. The van der Waals surface area contributed by atoms with Crippen molar-refractivity contribution in [2.24, 2.45) is 0 Å². The van der Waals surface area contributed by atoms with Gasteiger partial charge in [-0.1, -0.05) is 6.08 Å². The molecular weight excluding hydrogens is 683 g/mol. The van der Waals surface area contributed by atoms with E-state index >= 15 is 4.39 Å². The van der Waals surface area contributed by atoms with E-state index in [2.05, 4.69) is 36.5 Å². The van der Waals surface area contributed by atoms with Gasteiger partial charge in [-0.2, -0.15) is 4.90 Å². The number of aryl methyl sites for hydroxylation is 1. The molecule has 0 unspecified atom stereocenters. The van der Waals surface area contributed by atoms with Gasteiger partial charge in [-0.3, -0.25) is 0 Å². The number of aromatic nitrogens is 3. The summed E-state index contributed by atoms with van der Waals surface area (Å²) in [4.78, 5) is 36.5. The highest BCUT2D eigenvalue weighted by Gasteiger charge is 2.50. The van der Waals surface area contributed by atoms with Crippen molar-refractivity contribution in [3.8, 4) is 0 Å². The molecule has 1 saturated heterocycles. The van der Waals surface area contributed by atoms with Gasteiger partial charge in [-0.15, -0.1) is 0 Å². The van der Waals surface area contributed by atoms with Crippen molar-refractivity contribution in [3.05, 3.63) is 76.3 Å². The average molecular weight is 724 g/mol. The zero-order chi connectivity index (χ0) is 34.8. The first-order valence-corrected chi connectivity index (χ1v) is 16.7. The minimum absolute atomic E-state index is 0.0713. The first-order valence-electron chi connectivity index (χ1n) is 15.9. The van der Waals surface area contributed by atoms with Crippen LogP contribution in [0.5, 0.6) is 0 Å². The summed E-state index contributed by atoms with van der Waals surface area (Å²) in [6, 6.07) is 10.6. The Bertz CT molecular complexity index is 1910. The lowest BCUT2D eigenvalue weighted by atomic mass is 10.0. The van der Waals surface area contributed by atoms with Gasteiger partial charge in [0.1, 0.15) is 34.9 Å². The number of hydrogen-bond donors (Lipinski definition) is 0. The molecule has 3 atom stereocenters. The fraction of sp³-hybridized carbons (Fsp3) is 0.444. The highest BCUT2D eigenvalue weighted by molar-refractivity contribution is 9.10. The van der Waals surface area contributed by atoms with Gasteiger partial charge in [0.25, 0.3) is 0 Å². The zero-order valence-electron chi connectivity index (χ0n) is 28.3. The van der Waals surface area contributed by atoms with Crippen molar-refractivity contribution in [1.82, 2.24) is 14.5 Å². The fourth-order valence-electron chi connectivity index (χ4n) is 6.13. The van der Waals surface area contributed by atoms with Gasteiger partial charge >= 0.3 is 12.2 Å². The number of benzene rings is 1. The van der Waals surface area contributed by atoms with Gasteiger partial charge in [-0.05, 0) is 132 Å². The van der Waals surface area contributed by atoms with Crippen molar-refractivity contribution in [1.29, 1.82) is 0 Å². The van der Waals surface area contributed by atoms with Gasteiger partial charge < -0.3 is 23.5 Å². The maximum atomic E-state index is 15.6. The van der Waals surface area contributed by atoms with Crippen molar-refractivity contribution in [3.63, 3.8) is 0 Å². The summed E-state index contributed by atoms with van der Waals surface area (Å²) in [5, 5.41) is 1.26. The number of hydrogen-bond acceptors (Lipinski definition) is 8. The van der Waals surface area contributed by atoms with E-state index < -0.39 is 35.0 Å². The number of nitrogens with zero attached hydrogens (tertiary/aromatic N) is 4. The maximum Gasteiger partial charge on any atom is 0.425 e. The average Bonchev–Trinajstić information content (AvgIpc) is 3.61. The number of rotatable bonds is 5. The molecule has 4 heterocycles. The van der Waals surface area contributed by atoms with Crippen LogP contribution in [0, 0.1) is 5.82 Å². The summed E-state index contributed by atoms with van der Waals surface area (Å²) in [7, 11) is 0. The number of carbonyl (C=O) groups excluding carboxylic acids is 2. The van der Waals surface area contributed by atoms with Crippen LogP contribution in [0.4, 0.5) is 19.8 Å². The molecule has 1 aliphatic heterocycles. The summed E-state index contributed by atoms with van der Waals surface area (Å²) in [6.45, 7) is 13.9. The van der Waals surface area contributed by atoms with E-state index in [0.29, 0.717) is 18.4 Å². The smallest absolute Gasteiger partial charge is 0.425 e. The quantitative estimate of drug-likeness (QED) is 0.188. The van der Waals surface area contributed by atoms with E-state index in [0.717, 1.165) is 21.5 Å². The summed E-state index contributed by atoms with van der Waals surface area (Å²) in [5.41, 5.74) is 1.07. The Kier molecular flexibility index (Phi) is 8.66. The lowest BCUT2D eigenvalue weighted by molar-refractivity contribution is -0.147. The van der Waals surface area contributed by atoms with Crippen LogP contribution in [0.3, 0.4) is 0 Å². The molecule has 2 aliphatic rings. The monoisotopic (exact) mass is 722 g/mol. The summed E-state index contributed by atoms with van der Waals surface area (Å²) < 4.78 is 41.7. The molecule has 1 fully saturated rings. The minimum Gasteiger partial charge on any atom is -0.443 e. The van der Waals surface area contributed by atoms with Crippen molar-refractivity contribution in [2.45, 2.75) is 103 Å². The molecule has 1 aromatic carbocycles. The fourth-order valence-corrected chi connectivity index (χ4v) is 6.63. The number of fused-ring (bicyclic) bond motifs is 3. The van der Waals surface area contributed by atoms with E-state index in [-0.39, 0.29) is 39.4 Å². The Balaban J connectivity index is 1.32. The van der Waals surface area contributed by atoms with E-state index in [4.69, 9.17) is 18.9 Å². The Morgan fingerprint density at radius 2 is 1.71 bits per heavy atom. The Morgan fingerprint density at radius 1 is 1.02 bits per heavy atom. The van der Waals surface area contributed by atoms with Crippen LogP contribution in [0.1, 0.15) is 73.4 Å². The van der Waals surface area contributed by atoms with Gasteiger partial charge in [0.15, 0.2) is 11.6 Å².